The lowest BCUT2D eigenvalue weighted by Crippen LogP contribution is -2.44. The van der Waals surface area contributed by atoms with Crippen molar-refractivity contribution in [2.24, 2.45) is 0 Å². The topological polar surface area (TPSA) is 86.7 Å². The van der Waals surface area contributed by atoms with Gasteiger partial charge >= 0.3 is 5.97 Å². The Morgan fingerprint density at radius 3 is 2.55 bits per heavy atom. The molecule has 116 valence electrons. The van der Waals surface area contributed by atoms with E-state index in [1.54, 1.807) is 18.2 Å². The molecule has 1 aliphatic heterocycles. The first-order chi connectivity index (χ1) is 10.5. The van der Waals surface area contributed by atoms with E-state index in [-0.39, 0.29) is 11.6 Å². The van der Waals surface area contributed by atoms with Gasteiger partial charge in [0.1, 0.15) is 11.7 Å². The van der Waals surface area contributed by atoms with Crippen molar-refractivity contribution in [3.8, 4) is 0 Å². The number of likely N-dealkylation sites (tertiary alicyclic amines) is 1. The largest absolute Gasteiger partial charge is 0.480 e. The monoisotopic (exact) mass is 302 g/mol. The predicted molar refractivity (Wildman–Crippen MR) is 80.6 cm³/mol. The molecule has 1 fully saturated rings. The van der Waals surface area contributed by atoms with Crippen LogP contribution in [0.5, 0.6) is 0 Å². The number of carboxylic acids is 1. The van der Waals surface area contributed by atoms with E-state index in [0.717, 1.165) is 5.56 Å². The lowest BCUT2D eigenvalue weighted by molar-refractivity contribution is -0.147. The van der Waals surface area contributed by atoms with Gasteiger partial charge in [-0.05, 0) is 24.5 Å². The first-order valence-corrected chi connectivity index (χ1v) is 7.07. The zero-order chi connectivity index (χ0) is 16.1. The number of rotatable bonds is 4. The Morgan fingerprint density at radius 2 is 1.95 bits per heavy atom. The van der Waals surface area contributed by atoms with E-state index in [0.29, 0.717) is 19.4 Å². The van der Waals surface area contributed by atoms with Crippen LogP contribution < -0.4 is 5.32 Å². The van der Waals surface area contributed by atoms with Crippen LogP contribution >= 0.6 is 0 Å². The summed E-state index contributed by atoms with van der Waals surface area (Å²) in [6.45, 7) is 1.69. The van der Waals surface area contributed by atoms with Crippen LogP contribution in [0.2, 0.25) is 0 Å². The lowest BCUT2D eigenvalue weighted by Gasteiger charge is -2.23. The fourth-order valence-corrected chi connectivity index (χ4v) is 2.48. The Hall–Kier alpha value is -2.63. The van der Waals surface area contributed by atoms with E-state index < -0.39 is 17.9 Å². The summed E-state index contributed by atoms with van der Waals surface area (Å²) in [6, 6.07) is 8.25. The molecule has 2 N–H and O–H groups in total. The van der Waals surface area contributed by atoms with Crippen LogP contribution in [0.1, 0.15) is 25.3 Å². The van der Waals surface area contributed by atoms with Crippen molar-refractivity contribution in [1.29, 1.82) is 0 Å². The standard InChI is InChI=1S/C16H18N2O4/c1-11(19)17-13(10-12-6-3-2-4-7-12)15(20)18-9-5-8-14(18)16(21)22/h2-4,6-7,10,14H,5,8-9H2,1H3,(H,17,19)(H,21,22)/t14-/m1/s1. The number of carbonyl (C=O) groups excluding carboxylic acids is 2. The first kappa shape index (κ1) is 15.8. The SMILES string of the molecule is CC(=O)NC(=Cc1ccccc1)C(=O)N1CCC[C@@H]1C(=O)O. The molecule has 0 bridgehead atoms. The fourth-order valence-electron chi connectivity index (χ4n) is 2.48. The molecule has 6 nitrogen and oxygen atoms in total. The second-order valence-electron chi connectivity index (χ2n) is 5.14. The van der Waals surface area contributed by atoms with Gasteiger partial charge in [-0.15, -0.1) is 0 Å². The van der Waals surface area contributed by atoms with Gasteiger partial charge in [0.2, 0.25) is 5.91 Å². The summed E-state index contributed by atoms with van der Waals surface area (Å²) in [4.78, 5) is 36.4. The van der Waals surface area contributed by atoms with Crippen LogP contribution in [0.25, 0.3) is 6.08 Å². The smallest absolute Gasteiger partial charge is 0.326 e. The van der Waals surface area contributed by atoms with Gasteiger partial charge in [-0.2, -0.15) is 0 Å². The third-order valence-corrected chi connectivity index (χ3v) is 3.45. The number of aliphatic carboxylic acids is 1. The molecule has 0 unspecified atom stereocenters. The molecular formula is C16H18N2O4. The van der Waals surface area contributed by atoms with Crippen molar-refractivity contribution in [1.82, 2.24) is 10.2 Å². The summed E-state index contributed by atoms with van der Waals surface area (Å²) in [5.74, 6) is -1.86. The van der Waals surface area contributed by atoms with Crippen molar-refractivity contribution < 1.29 is 19.5 Å². The number of amides is 2. The maximum absolute atomic E-state index is 12.6. The predicted octanol–water partition coefficient (Wildman–Crippen LogP) is 1.24. The maximum atomic E-state index is 12.6. The molecule has 2 amide bonds. The molecule has 0 saturated carbocycles. The zero-order valence-electron chi connectivity index (χ0n) is 12.3. The summed E-state index contributed by atoms with van der Waals surface area (Å²) < 4.78 is 0. The maximum Gasteiger partial charge on any atom is 0.326 e. The molecule has 1 heterocycles. The van der Waals surface area contributed by atoms with Gasteiger partial charge in [0.15, 0.2) is 0 Å². The van der Waals surface area contributed by atoms with E-state index in [4.69, 9.17) is 0 Å². The van der Waals surface area contributed by atoms with Gasteiger partial charge < -0.3 is 15.3 Å². The summed E-state index contributed by atoms with van der Waals surface area (Å²) in [6.07, 6.45) is 2.63. The number of carboxylic acid groups (broad SMARTS) is 1. The van der Waals surface area contributed by atoms with Crippen LogP contribution in [-0.2, 0) is 14.4 Å². The Balaban J connectivity index is 2.29. The number of hydrogen-bond donors (Lipinski definition) is 2. The third-order valence-electron chi connectivity index (χ3n) is 3.45. The summed E-state index contributed by atoms with van der Waals surface area (Å²) >= 11 is 0. The highest BCUT2D eigenvalue weighted by Crippen LogP contribution is 2.20. The summed E-state index contributed by atoms with van der Waals surface area (Å²) in [5, 5.41) is 11.7. The molecule has 0 radical (unpaired) electrons. The van der Waals surface area contributed by atoms with Crippen molar-refractivity contribution >= 4 is 23.9 Å². The molecule has 0 aliphatic carbocycles. The molecule has 22 heavy (non-hydrogen) atoms. The molecule has 1 aromatic rings. The number of carbonyl (C=O) groups is 3. The van der Waals surface area contributed by atoms with Crippen molar-refractivity contribution in [2.45, 2.75) is 25.8 Å². The highest BCUT2D eigenvalue weighted by atomic mass is 16.4. The molecule has 0 aromatic heterocycles. The molecule has 1 atom stereocenters. The molecule has 6 heteroatoms. The van der Waals surface area contributed by atoms with Gasteiger partial charge in [-0.25, -0.2) is 4.79 Å². The van der Waals surface area contributed by atoms with E-state index in [1.807, 2.05) is 18.2 Å². The quantitative estimate of drug-likeness (QED) is 0.819. The van der Waals surface area contributed by atoms with E-state index in [1.165, 1.54) is 11.8 Å². The summed E-state index contributed by atoms with van der Waals surface area (Å²) in [7, 11) is 0. The molecule has 2 rings (SSSR count). The average Bonchev–Trinajstić information content (AvgIpc) is 2.96. The minimum atomic E-state index is -1.02. The van der Waals surface area contributed by atoms with Gasteiger partial charge in [0.25, 0.3) is 5.91 Å². The average molecular weight is 302 g/mol. The number of nitrogens with zero attached hydrogens (tertiary/aromatic N) is 1. The Kier molecular flexibility index (Phi) is 4.93. The van der Waals surface area contributed by atoms with Gasteiger partial charge in [0.05, 0.1) is 0 Å². The van der Waals surface area contributed by atoms with Crippen molar-refractivity contribution in [3.63, 3.8) is 0 Å². The minimum Gasteiger partial charge on any atom is -0.480 e. The highest BCUT2D eigenvalue weighted by Gasteiger charge is 2.35. The van der Waals surface area contributed by atoms with Crippen LogP contribution in [-0.4, -0.2) is 40.4 Å². The van der Waals surface area contributed by atoms with Gasteiger partial charge in [-0.1, -0.05) is 30.3 Å². The van der Waals surface area contributed by atoms with E-state index in [9.17, 15) is 19.5 Å². The second-order valence-corrected chi connectivity index (χ2v) is 5.14. The molecular weight excluding hydrogens is 284 g/mol. The van der Waals surface area contributed by atoms with Gasteiger partial charge in [0, 0.05) is 13.5 Å². The molecule has 1 aliphatic rings. The van der Waals surface area contributed by atoms with Crippen molar-refractivity contribution in [3.05, 3.63) is 41.6 Å². The lowest BCUT2D eigenvalue weighted by atomic mass is 10.1. The first-order valence-electron chi connectivity index (χ1n) is 7.07. The van der Waals surface area contributed by atoms with E-state index in [2.05, 4.69) is 5.32 Å². The number of benzene rings is 1. The Morgan fingerprint density at radius 1 is 1.27 bits per heavy atom. The van der Waals surface area contributed by atoms with Crippen LogP contribution in [0.3, 0.4) is 0 Å². The molecule has 1 aromatic carbocycles. The zero-order valence-corrected chi connectivity index (χ0v) is 12.3. The highest BCUT2D eigenvalue weighted by molar-refractivity contribution is 6.02. The van der Waals surface area contributed by atoms with Crippen LogP contribution in [0, 0.1) is 0 Å². The number of hydrogen-bond acceptors (Lipinski definition) is 3. The Labute approximate surface area is 128 Å². The Bertz CT molecular complexity index is 610. The second kappa shape index (κ2) is 6.89. The number of nitrogens with one attached hydrogen (secondary N) is 1. The third kappa shape index (κ3) is 3.72. The van der Waals surface area contributed by atoms with Crippen LogP contribution in [0.4, 0.5) is 0 Å². The van der Waals surface area contributed by atoms with Gasteiger partial charge in [-0.3, -0.25) is 9.59 Å². The minimum absolute atomic E-state index is 0.0897. The van der Waals surface area contributed by atoms with Crippen LogP contribution in [0.15, 0.2) is 36.0 Å². The fraction of sp³-hybridized carbons (Fsp3) is 0.312. The van der Waals surface area contributed by atoms with E-state index >= 15 is 0 Å². The molecule has 0 spiro atoms. The molecule has 1 saturated heterocycles. The normalized spacial score (nSPS) is 18.1. The summed E-state index contributed by atoms with van der Waals surface area (Å²) in [5.41, 5.74) is 0.845. The van der Waals surface area contributed by atoms with Crippen molar-refractivity contribution in [2.75, 3.05) is 6.54 Å².